The number of aliphatic hydroxyl groups excluding tert-OH is 2. The maximum Gasteiger partial charge on any atom is 0.255 e. The summed E-state index contributed by atoms with van der Waals surface area (Å²) in [6.07, 6.45) is -1.75. The Morgan fingerprint density at radius 1 is 1.20 bits per heavy atom. The van der Waals surface area contributed by atoms with Gasteiger partial charge in [-0.2, -0.15) is 0 Å². The van der Waals surface area contributed by atoms with Crippen molar-refractivity contribution in [2.75, 3.05) is 19.6 Å². The molecule has 2 heterocycles. The molecule has 246 valence electrons. The topological polar surface area (TPSA) is 199 Å². The number of halogens is 2. The summed E-state index contributed by atoms with van der Waals surface area (Å²) in [4.78, 5) is 41.9. The number of hydrogen-bond acceptors (Lipinski definition) is 11. The number of nitrogens with zero attached hydrogens (tertiary/aromatic N) is 2. The Morgan fingerprint density at radius 3 is 2.50 bits per heavy atom. The van der Waals surface area contributed by atoms with Gasteiger partial charge in [0.25, 0.3) is 12.3 Å². The second-order valence-corrected chi connectivity index (χ2v) is 12.9. The Balaban J connectivity index is 1.41. The minimum Gasteiger partial charge on any atom is -0.508 e. The highest BCUT2D eigenvalue weighted by molar-refractivity contribution is 6.24. The number of carbonyl (C=O) groups is 3. The lowest BCUT2D eigenvalue weighted by molar-refractivity contribution is -0.150. The van der Waals surface area contributed by atoms with Crippen LogP contribution in [0.5, 0.6) is 5.75 Å². The first kappa shape index (κ1) is 31.8. The molecule has 6 rings (SSSR count). The molecule has 0 unspecified atom stereocenters. The Hall–Kier alpha value is -4.14. The first-order valence-corrected chi connectivity index (χ1v) is 15.3. The molecule has 1 aromatic heterocycles. The molecule has 2 fully saturated rings. The highest BCUT2D eigenvalue weighted by Crippen LogP contribution is 2.53. The van der Waals surface area contributed by atoms with Crippen molar-refractivity contribution in [3.63, 3.8) is 0 Å². The molecule has 14 heteroatoms. The van der Waals surface area contributed by atoms with Gasteiger partial charge in [0.2, 0.25) is 5.78 Å². The van der Waals surface area contributed by atoms with Crippen LogP contribution in [-0.4, -0.2) is 91.7 Å². The molecule has 12 nitrogen and oxygen atoms in total. The molecular formula is C32H36F2N4O8. The quantitative estimate of drug-likeness (QED) is 0.243. The van der Waals surface area contributed by atoms with Crippen molar-refractivity contribution in [3.8, 4) is 17.1 Å². The van der Waals surface area contributed by atoms with Crippen LogP contribution >= 0.6 is 0 Å². The van der Waals surface area contributed by atoms with Gasteiger partial charge >= 0.3 is 0 Å². The molecule has 4 aliphatic rings. The zero-order chi connectivity index (χ0) is 33.2. The number of aromatic nitrogens is 1. The van der Waals surface area contributed by atoms with Crippen molar-refractivity contribution in [1.29, 1.82) is 0 Å². The van der Waals surface area contributed by atoms with Gasteiger partial charge in [0, 0.05) is 29.2 Å². The van der Waals surface area contributed by atoms with Crippen LogP contribution in [0.2, 0.25) is 0 Å². The Bertz CT molecular complexity index is 1680. The molecule has 3 aliphatic carbocycles. The Labute approximate surface area is 262 Å². The van der Waals surface area contributed by atoms with Crippen LogP contribution < -0.4 is 11.1 Å². The standard InChI is InChI=1S/C32H36F2N4O8/c1-13(2)19-11-21(46-37-19)16-3-4-20(39)24-17(16)9-14-10-18-26(36-15-5-7-38(8-6-15)12-22(33)34)28(41)25(31(35)44)30(43)32(18,45)29(42)23(14)27(24)40/h3-4,11,13-15,18,22,26,36,39-40,43,45H,5-10,12H2,1-2H3,(H2,35,44)/t14-,18-,26+,32-/m0/s1. The molecule has 2 aromatic rings. The lowest BCUT2D eigenvalue weighted by Gasteiger charge is -2.50. The molecule has 4 atom stereocenters. The van der Waals surface area contributed by atoms with E-state index in [1.807, 2.05) is 13.8 Å². The number of carbonyl (C=O) groups excluding carboxylic acids is 3. The number of phenolic OH excluding ortho intramolecular Hbond substituents is 1. The predicted octanol–water partition coefficient (Wildman–Crippen LogP) is 2.50. The van der Waals surface area contributed by atoms with E-state index in [4.69, 9.17) is 10.3 Å². The van der Waals surface area contributed by atoms with Crippen LogP contribution in [-0.2, 0) is 20.8 Å². The molecule has 0 radical (unpaired) electrons. The summed E-state index contributed by atoms with van der Waals surface area (Å²) in [7, 11) is 0. The fourth-order valence-corrected chi connectivity index (χ4v) is 7.52. The average molecular weight is 643 g/mol. The van der Waals surface area contributed by atoms with Crippen LogP contribution in [0.25, 0.3) is 17.1 Å². The van der Waals surface area contributed by atoms with E-state index in [0.717, 1.165) is 0 Å². The number of likely N-dealkylation sites (tertiary alicyclic amines) is 1. The number of piperidine rings is 1. The number of hydrogen-bond donors (Lipinski definition) is 6. The minimum absolute atomic E-state index is 0.0441. The molecule has 1 amide bonds. The third-order valence-electron chi connectivity index (χ3n) is 9.87. The molecule has 1 aliphatic heterocycles. The number of nitrogens with one attached hydrogen (secondary N) is 1. The number of aliphatic hydroxyl groups is 3. The number of primary amides is 1. The van der Waals surface area contributed by atoms with Gasteiger partial charge in [0.05, 0.1) is 23.8 Å². The first-order valence-electron chi connectivity index (χ1n) is 15.3. The van der Waals surface area contributed by atoms with E-state index in [2.05, 4.69) is 10.5 Å². The molecule has 7 N–H and O–H groups in total. The highest BCUT2D eigenvalue weighted by Gasteiger charge is 2.64. The zero-order valence-corrected chi connectivity index (χ0v) is 25.3. The summed E-state index contributed by atoms with van der Waals surface area (Å²) in [5, 5.41) is 52.7. The number of ketones is 2. The zero-order valence-electron chi connectivity index (χ0n) is 25.3. The second kappa shape index (κ2) is 11.6. The van der Waals surface area contributed by atoms with Gasteiger partial charge in [-0.15, -0.1) is 0 Å². The average Bonchev–Trinajstić information content (AvgIpc) is 3.48. The number of benzene rings is 1. The molecule has 1 aromatic carbocycles. The lowest BCUT2D eigenvalue weighted by atomic mass is 9.57. The van der Waals surface area contributed by atoms with Gasteiger partial charge in [0.1, 0.15) is 22.8 Å². The minimum atomic E-state index is -2.80. The van der Waals surface area contributed by atoms with Gasteiger partial charge in [-0.25, -0.2) is 8.78 Å². The summed E-state index contributed by atoms with van der Waals surface area (Å²) in [6.45, 7) is 4.13. The summed E-state index contributed by atoms with van der Waals surface area (Å²) in [6, 6.07) is 2.97. The van der Waals surface area contributed by atoms with Crippen molar-refractivity contribution in [3.05, 3.63) is 51.9 Å². The van der Waals surface area contributed by atoms with Crippen LogP contribution in [0.4, 0.5) is 8.78 Å². The number of aromatic hydroxyl groups is 1. The van der Waals surface area contributed by atoms with Gasteiger partial charge in [-0.05, 0) is 68.3 Å². The Kier molecular flexibility index (Phi) is 8.02. The molecule has 1 saturated heterocycles. The third kappa shape index (κ3) is 4.99. The number of fused-ring (bicyclic) bond motifs is 3. The third-order valence-corrected chi connectivity index (χ3v) is 9.87. The van der Waals surface area contributed by atoms with Crippen molar-refractivity contribution in [2.45, 2.75) is 69.6 Å². The maximum atomic E-state index is 14.2. The largest absolute Gasteiger partial charge is 0.508 e. The van der Waals surface area contributed by atoms with Crippen LogP contribution in [0.3, 0.4) is 0 Å². The van der Waals surface area contributed by atoms with Crippen LogP contribution in [0.1, 0.15) is 55.8 Å². The number of Topliss-reactive ketones (excluding diaryl/α,β-unsaturated/α-hetero) is 2. The highest BCUT2D eigenvalue weighted by atomic mass is 19.3. The Morgan fingerprint density at radius 2 is 1.89 bits per heavy atom. The SMILES string of the molecule is CC(C)c1cc(-c2ccc(O)c3c2C[C@H]2C[C@H]4[C@@H](NC5CCN(CC(F)F)CC5)C(=O)C(C(N)=O)=C(O)[C@@]4(O)C(=O)C2=C3O)on1. The fourth-order valence-electron chi connectivity index (χ4n) is 7.52. The monoisotopic (exact) mass is 642 g/mol. The fraction of sp³-hybridized carbons (Fsp3) is 0.500. The van der Waals surface area contributed by atoms with Crippen molar-refractivity contribution in [1.82, 2.24) is 15.4 Å². The van der Waals surface area contributed by atoms with Gasteiger partial charge < -0.3 is 36.0 Å². The number of rotatable bonds is 7. The number of nitrogens with two attached hydrogens (primary N) is 1. The van der Waals surface area contributed by atoms with Crippen LogP contribution in [0, 0.1) is 11.8 Å². The molecule has 0 spiro atoms. The lowest BCUT2D eigenvalue weighted by Crippen LogP contribution is -2.67. The second-order valence-electron chi connectivity index (χ2n) is 12.9. The van der Waals surface area contributed by atoms with E-state index in [1.165, 1.54) is 6.07 Å². The molecule has 0 bridgehead atoms. The van der Waals surface area contributed by atoms with Crippen LogP contribution in [0.15, 0.2) is 39.6 Å². The number of alkyl halides is 2. The summed E-state index contributed by atoms with van der Waals surface area (Å²) in [5.74, 6) is -7.08. The van der Waals surface area contributed by atoms with Gasteiger partial charge in [0.15, 0.2) is 17.1 Å². The smallest absolute Gasteiger partial charge is 0.255 e. The molecule has 1 saturated carbocycles. The van der Waals surface area contributed by atoms with E-state index in [1.54, 1.807) is 17.0 Å². The van der Waals surface area contributed by atoms with E-state index in [9.17, 15) is 43.6 Å². The molecular weight excluding hydrogens is 606 g/mol. The summed E-state index contributed by atoms with van der Waals surface area (Å²) >= 11 is 0. The molecule has 46 heavy (non-hydrogen) atoms. The summed E-state index contributed by atoms with van der Waals surface area (Å²) in [5.41, 5.74) is 3.10. The van der Waals surface area contributed by atoms with Crippen molar-refractivity contribution < 1.29 is 48.1 Å². The number of phenols is 1. The van der Waals surface area contributed by atoms with Gasteiger partial charge in [-0.3, -0.25) is 19.3 Å². The van der Waals surface area contributed by atoms with E-state index >= 15 is 0 Å². The van der Waals surface area contributed by atoms with E-state index < -0.39 is 64.5 Å². The number of amides is 1. The van der Waals surface area contributed by atoms with E-state index in [0.29, 0.717) is 48.5 Å². The van der Waals surface area contributed by atoms with Crippen molar-refractivity contribution in [2.24, 2.45) is 17.6 Å². The normalized spacial score (nSPS) is 27.3. The first-order chi connectivity index (χ1) is 21.7. The van der Waals surface area contributed by atoms with Gasteiger partial charge in [-0.1, -0.05) is 19.0 Å². The predicted molar refractivity (Wildman–Crippen MR) is 159 cm³/mol. The maximum absolute atomic E-state index is 14.2. The van der Waals surface area contributed by atoms with Crippen molar-refractivity contribution >= 4 is 23.2 Å². The summed E-state index contributed by atoms with van der Waals surface area (Å²) < 4.78 is 31.4. The van der Waals surface area contributed by atoms with E-state index in [-0.39, 0.29) is 48.2 Å².